The SMILES string of the molecule is COC(=O)c1ccc(/C=C2\Oc3c(ccc(OC(=O)c4ccncc4)c3C)C2=O)cc1. The highest BCUT2D eigenvalue weighted by Crippen LogP contribution is 2.39. The molecular formula is C24H17NO6. The summed E-state index contributed by atoms with van der Waals surface area (Å²) in [5.74, 6) is -0.455. The number of aromatic nitrogens is 1. The molecule has 31 heavy (non-hydrogen) atoms. The lowest BCUT2D eigenvalue weighted by atomic mass is 10.1. The van der Waals surface area contributed by atoms with Crippen molar-refractivity contribution in [3.63, 3.8) is 0 Å². The van der Waals surface area contributed by atoms with E-state index in [1.165, 1.54) is 19.5 Å². The number of ketones is 1. The fraction of sp³-hybridized carbons (Fsp3) is 0.0833. The van der Waals surface area contributed by atoms with Gasteiger partial charge in [-0.25, -0.2) is 9.59 Å². The number of Topliss-reactive ketones (excluding diaryl/α,β-unsaturated/α-hetero) is 1. The first-order valence-electron chi connectivity index (χ1n) is 9.36. The van der Waals surface area contributed by atoms with Gasteiger partial charge in [0.1, 0.15) is 11.5 Å². The van der Waals surface area contributed by atoms with Crippen molar-refractivity contribution in [2.24, 2.45) is 0 Å². The van der Waals surface area contributed by atoms with Crippen molar-refractivity contribution in [1.82, 2.24) is 4.98 Å². The molecule has 0 saturated heterocycles. The van der Waals surface area contributed by atoms with E-state index in [0.29, 0.717) is 39.3 Å². The van der Waals surface area contributed by atoms with Gasteiger partial charge in [0.2, 0.25) is 5.78 Å². The fourth-order valence-corrected chi connectivity index (χ4v) is 3.11. The summed E-state index contributed by atoms with van der Waals surface area (Å²) in [6.45, 7) is 1.72. The van der Waals surface area contributed by atoms with Crippen LogP contribution in [0.25, 0.3) is 6.08 Å². The van der Waals surface area contributed by atoms with E-state index in [4.69, 9.17) is 9.47 Å². The summed E-state index contributed by atoms with van der Waals surface area (Å²) in [5.41, 5.74) is 2.38. The van der Waals surface area contributed by atoms with Crippen molar-refractivity contribution in [1.29, 1.82) is 0 Å². The zero-order valence-corrected chi connectivity index (χ0v) is 16.7. The van der Waals surface area contributed by atoms with Crippen LogP contribution in [0.3, 0.4) is 0 Å². The van der Waals surface area contributed by atoms with Gasteiger partial charge in [-0.15, -0.1) is 0 Å². The van der Waals surface area contributed by atoms with Crippen molar-refractivity contribution < 1.29 is 28.6 Å². The highest BCUT2D eigenvalue weighted by molar-refractivity contribution is 6.15. The Hall–Kier alpha value is -4.26. The molecule has 0 atom stereocenters. The van der Waals surface area contributed by atoms with Gasteiger partial charge in [0.05, 0.1) is 23.8 Å². The summed E-state index contributed by atoms with van der Waals surface area (Å²) in [5, 5.41) is 0. The zero-order valence-electron chi connectivity index (χ0n) is 16.7. The second kappa shape index (κ2) is 8.23. The average molecular weight is 415 g/mol. The number of pyridine rings is 1. The van der Waals surface area contributed by atoms with Crippen LogP contribution in [-0.4, -0.2) is 29.8 Å². The van der Waals surface area contributed by atoms with E-state index in [2.05, 4.69) is 9.72 Å². The summed E-state index contributed by atoms with van der Waals surface area (Å²) in [6, 6.07) is 12.8. The molecule has 0 fully saturated rings. The van der Waals surface area contributed by atoms with Crippen LogP contribution in [-0.2, 0) is 4.74 Å². The number of rotatable bonds is 4. The Balaban J connectivity index is 1.57. The summed E-state index contributed by atoms with van der Waals surface area (Å²) in [7, 11) is 1.31. The second-order valence-corrected chi connectivity index (χ2v) is 6.74. The Kier molecular flexibility index (Phi) is 5.32. The van der Waals surface area contributed by atoms with Crippen LogP contribution in [0.5, 0.6) is 11.5 Å². The van der Waals surface area contributed by atoms with Gasteiger partial charge in [0, 0.05) is 18.0 Å². The lowest BCUT2D eigenvalue weighted by Crippen LogP contribution is -2.09. The van der Waals surface area contributed by atoms with E-state index in [9.17, 15) is 14.4 Å². The van der Waals surface area contributed by atoms with E-state index in [1.54, 1.807) is 61.5 Å². The quantitative estimate of drug-likeness (QED) is 0.361. The number of hydrogen-bond acceptors (Lipinski definition) is 7. The molecule has 0 saturated carbocycles. The first kappa shape index (κ1) is 20.0. The maximum Gasteiger partial charge on any atom is 0.343 e. The van der Waals surface area contributed by atoms with Crippen LogP contribution in [0.15, 0.2) is 66.7 Å². The average Bonchev–Trinajstić information content (AvgIpc) is 3.12. The second-order valence-electron chi connectivity index (χ2n) is 6.74. The minimum atomic E-state index is -0.531. The number of nitrogens with zero attached hydrogens (tertiary/aromatic N) is 1. The van der Waals surface area contributed by atoms with Crippen molar-refractivity contribution in [3.05, 3.63) is 94.5 Å². The number of carbonyl (C=O) groups excluding carboxylic acids is 3. The number of benzene rings is 2. The predicted molar refractivity (Wildman–Crippen MR) is 111 cm³/mol. The first-order chi connectivity index (χ1) is 15.0. The third-order valence-corrected chi connectivity index (χ3v) is 4.78. The Morgan fingerprint density at radius 3 is 2.29 bits per heavy atom. The number of methoxy groups -OCH3 is 1. The predicted octanol–water partition coefficient (Wildman–Crippen LogP) is 4.01. The zero-order chi connectivity index (χ0) is 22.0. The highest BCUT2D eigenvalue weighted by Gasteiger charge is 2.30. The molecule has 1 aliphatic rings. The molecule has 0 N–H and O–H groups in total. The normalized spacial score (nSPS) is 13.5. The number of allylic oxidation sites excluding steroid dienone is 1. The van der Waals surface area contributed by atoms with Crippen molar-refractivity contribution in [2.45, 2.75) is 6.92 Å². The molecule has 1 aromatic heterocycles. The minimum absolute atomic E-state index is 0.140. The third-order valence-electron chi connectivity index (χ3n) is 4.78. The standard InChI is InChI=1S/C24H17NO6/c1-14-19(31-24(28)17-9-11-25-12-10-17)8-7-18-21(26)20(30-22(14)18)13-15-3-5-16(6-4-15)23(27)29-2/h3-13H,1-2H3/b20-13-. The molecule has 0 radical (unpaired) electrons. The largest absolute Gasteiger partial charge is 0.465 e. The van der Waals surface area contributed by atoms with Gasteiger partial charge < -0.3 is 14.2 Å². The van der Waals surface area contributed by atoms with Gasteiger partial charge in [-0.2, -0.15) is 0 Å². The van der Waals surface area contributed by atoms with E-state index in [0.717, 1.165) is 0 Å². The number of carbonyl (C=O) groups is 3. The molecular weight excluding hydrogens is 398 g/mol. The van der Waals surface area contributed by atoms with E-state index in [1.807, 2.05) is 0 Å². The summed E-state index contributed by atoms with van der Waals surface area (Å²) in [6.07, 6.45) is 4.59. The summed E-state index contributed by atoms with van der Waals surface area (Å²) >= 11 is 0. The maximum absolute atomic E-state index is 12.7. The molecule has 2 aromatic carbocycles. The Labute approximate surface area is 177 Å². The lowest BCUT2D eigenvalue weighted by Gasteiger charge is -2.10. The maximum atomic E-state index is 12.7. The van der Waals surface area contributed by atoms with Gasteiger partial charge in [0.25, 0.3) is 0 Å². The molecule has 1 aliphatic heterocycles. The number of ether oxygens (including phenoxy) is 3. The van der Waals surface area contributed by atoms with Crippen molar-refractivity contribution in [2.75, 3.05) is 7.11 Å². The molecule has 0 aliphatic carbocycles. The Morgan fingerprint density at radius 1 is 0.935 bits per heavy atom. The molecule has 0 amide bonds. The molecule has 154 valence electrons. The summed E-state index contributed by atoms with van der Waals surface area (Å²) in [4.78, 5) is 40.5. The Bertz CT molecular complexity index is 1210. The van der Waals surface area contributed by atoms with E-state index < -0.39 is 11.9 Å². The minimum Gasteiger partial charge on any atom is -0.465 e. The van der Waals surface area contributed by atoms with Crippen LogP contribution < -0.4 is 9.47 Å². The van der Waals surface area contributed by atoms with Gasteiger partial charge in [-0.05, 0) is 55.0 Å². The molecule has 2 heterocycles. The molecule has 0 bridgehead atoms. The van der Waals surface area contributed by atoms with Crippen LogP contribution >= 0.6 is 0 Å². The van der Waals surface area contributed by atoms with E-state index >= 15 is 0 Å². The summed E-state index contributed by atoms with van der Waals surface area (Å²) < 4.78 is 15.9. The van der Waals surface area contributed by atoms with Gasteiger partial charge >= 0.3 is 11.9 Å². The van der Waals surface area contributed by atoms with Crippen LogP contribution in [0.1, 0.15) is 42.2 Å². The van der Waals surface area contributed by atoms with Gasteiger partial charge in [0.15, 0.2) is 5.76 Å². The number of fused-ring (bicyclic) bond motifs is 1. The molecule has 4 rings (SSSR count). The van der Waals surface area contributed by atoms with Crippen LogP contribution in [0.2, 0.25) is 0 Å². The van der Waals surface area contributed by atoms with Gasteiger partial charge in [-0.3, -0.25) is 9.78 Å². The van der Waals surface area contributed by atoms with Crippen molar-refractivity contribution >= 4 is 23.8 Å². The van der Waals surface area contributed by atoms with Crippen molar-refractivity contribution in [3.8, 4) is 11.5 Å². The monoisotopic (exact) mass is 415 g/mol. The number of hydrogen-bond donors (Lipinski definition) is 0. The highest BCUT2D eigenvalue weighted by atomic mass is 16.5. The van der Waals surface area contributed by atoms with E-state index in [-0.39, 0.29) is 11.5 Å². The molecule has 7 heteroatoms. The van der Waals surface area contributed by atoms with Crippen LogP contribution in [0.4, 0.5) is 0 Å². The smallest absolute Gasteiger partial charge is 0.343 e. The third kappa shape index (κ3) is 3.93. The molecule has 3 aromatic rings. The fourth-order valence-electron chi connectivity index (χ4n) is 3.11. The lowest BCUT2D eigenvalue weighted by molar-refractivity contribution is 0.0600. The topological polar surface area (TPSA) is 91.8 Å². The number of esters is 2. The van der Waals surface area contributed by atoms with Crippen LogP contribution in [0, 0.1) is 6.92 Å². The molecule has 0 spiro atoms. The molecule has 7 nitrogen and oxygen atoms in total. The van der Waals surface area contributed by atoms with Gasteiger partial charge in [-0.1, -0.05) is 12.1 Å². The molecule has 0 unspecified atom stereocenters. The first-order valence-corrected chi connectivity index (χ1v) is 9.36. The Morgan fingerprint density at radius 2 is 1.61 bits per heavy atom.